The Morgan fingerprint density at radius 3 is 2.09 bits per heavy atom. The summed E-state index contributed by atoms with van der Waals surface area (Å²) >= 11 is 6.03. The molecule has 0 bridgehead atoms. The van der Waals surface area contributed by atoms with Crippen LogP contribution >= 0.6 is 24.0 Å². The number of fused-ring (bicyclic) bond motifs is 1. The Morgan fingerprint density at radius 2 is 1.38 bits per heavy atom. The minimum atomic E-state index is 0. The van der Waals surface area contributed by atoms with Crippen LogP contribution in [0.2, 0.25) is 5.02 Å². The normalized spacial score (nSPS) is 14.8. The van der Waals surface area contributed by atoms with Gasteiger partial charge in [-0.2, -0.15) is 0 Å². The largest absolute Gasteiger partial charge is 0.487 e. The maximum Gasteiger partial charge on any atom is 0.129 e. The van der Waals surface area contributed by atoms with Crippen LogP contribution in [-0.4, -0.2) is 40.5 Å². The lowest BCUT2D eigenvalue weighted by Gasteiger charge is -2.35. The highest BCUT2D eigenvalue weighted by Gasteiger charge is 2.22. The van der Waals surface area contributed by atoms with E-state index < -0.39 is 0 Å². The van der Waals surface area contributed by atoms with Crippen molar-refractivity contribution in [3.63, 3.8) is 0 Å². The molecule has 0 unspecified atom stereocenters. The van der Waals surface area contributed by atoms with E-state index in [-0.39, 0.29) is 12.4 Å². The smallest absolute Gasteiger partial charge is 0.129 e. The van der Waals surface area contributed by atoms with Crippen molar-refractivity contribution in [1.82, 2.24) is 14.4 Å². The molecule has 0 N–H and O–H groups in total. The second-order valence-electron chi connectivity index (χ2n) is 8.78. The summed E-state index contributed by atoms with van der Waals surface area (Å²) in [5, 5.41) is 2.04. The van der Waals surface area contributed by atoms with E-state index in [1.807, 2.05) is 24.3 Å². The van der Waals surface area contributed by atoms with Crippen molar-refractivity contribution in [2.75, 3.05) is 26.2 Å². The lowest BCUT2D eigenvalue weighted by atomic mass is 10.1. The number of piperazine rings is 1. The molecule has 0 saturated carbocycles. The van der Waals surface area contributed by atoms with E-state index in [1.54, 1.807) is 0 Å². The summed E-state index contributed by atoms with van der Waals surface area (Å²) in [6.07, 6.45) is 0. The van der Waals surface area contributed by atoms with Crippen LogP contribution in [0, 0.1) is 0 Å². The van der Waals surface area contributed by atoms with Gasteiger partial charge in [-0.05, 0) is 41.5 Å². The molecule has 0 atom stereocenters. The Balaban J connectivity index is 0.00000274. The number of aromatic nitrogens is 1. The lowest BCUT2D eigenvalue weighted by molar-refractivity contribution is 0.121. The number of hydrogen-bond donors (Lipinski definition) is 0. The number of rotatable bonds is 7. The highest BCUT2D eigenvalue weighted by Crippen LogP contribution is 2.28. The van der Waals surface area contributed by atoms with E-state index >= 15 is 0 Å². The average Bonchev–Trinajstić information content (AvgIpc) is 3.11. The van der Waals surface area contributed by atoms with Crippen LogP contribution in [0.1, 0.15) is 16.8 Å². The summed E-state index contributed by atoms with van der Waals surface area (Å²) in [5.74, 6) is 0.838. The molecule has 1 aromatic heterocycles. The molecule has 6 heteroatoms. The summed E-state index contributed by atoms with van der Waals surface area (Å²) in [6, 6.07) is 27.0. The van der Waals surface area contributed by atoms with Gasteiger partial charge in [-0.3, -0.25) is 9.80 Å². The molecule has 1 aliphatic rings. The van der Waals surface area contributed by atoms with Crippen LogP contribution in [0.4, 0.5) is 0 Å². The molecular weight excluding hydrogens is 465 g/mol. The summed E-state index contributed by atoms with van der Waals surface area (Å²) in [5.41, 5.74) is 5.25. The molecule has 5 rings (SSSR count). The van der Waals surface area contributed by atoms with Crippen LogP contribution in [-0.2, 0) is 26.7 Å². The molecule has 4 nitrogen and oxygen atoms in total. The third kappa shape index (κ3) is 5.59. The maximum absolute atomic E-state index is 6.16. The minimum Gasteiger partial charge on any atom is -0.487 e. The van der Waals surface area contributed by atoms with Gasteiger partial charge >= 0.3 is 0 Å². The van der Waals surface area contributed by atoms with Gasteiger partial charge in [0.15, 0.2) is 0 Å². The van der Waals surface area contributed by atoms with Crippen molar-refractivity contribution in [2.45, 2.75) is 19.7 Å². The summed E-state index contributed by atoms with van der Waals surface area (Å²) in [4.78, 5) is 5.13. The first kappa shape index (κ1) is 24.6. The second-order valence-corrected chi connectivity index (χ2v) is 9.22. The van der Waals surface area contributed by atoms with Gasteiger partial charge in [-0.1, -0.05) is 60.1 Å². The summed E-state index contributed by atoms with van der Waals surface area (Å²) < 4.78 is 8.45. The fourth-order valence-electron chi connectivity index (χ4n) is 4.74. The molecule has 0 spiro atoms. The standard InChI is InChI=1S/C28H30ClN3O.ClH/c1-30-27-10-6-5-9-25(27)26(28(30)21-33-24-13-11-23(29)12-14-24)20-32-17-15-31(16-18-32)19-22-7-3-2-4-8-22;/h2-14H,15-21H2,1H3;1H. The third-order valence-corrected chi connectivity index (χ3v) is 6.88. The Hall–Kier alpha value is -2.50. The molecule has 3 aromatic carbocycles. The van der Waals surface area contributed by atoms with Crippen molar-refractivity contribution < 1.29 is 4.74 Å². The quantitative estimate of drug-likeness (QED) is 0.306. The molecule has 1 fully saturated rings. The monoisotopic (exact) mass is 495 g/mol. The lowest BCUT2D eigenvalue weighted by Crippen LogP contribution is -2.45. The van der Waals surface area contributed by atoms with Gasteiger partial charge in [0.25, 0.3) is 0 Å². The van der Waals surface area contributed by atoms with Crippen LogP contribution < -0.4 is 4.74 Å². The topological polar surface area (TPSA) is 20.6 Å². The number of benzene rings is 3. The highest BCUT2D eigenvalue weighted by atomic mass is 35.5. The van der Waals surface area contributed by atoms with Gasteiger partial charge < -0.3 is 9.30 Å². The molecule has 178 valence electrons. The van der Waals surface area contributed by atoms with Crippen molar-refractivity contribution in [3.05, 3.63) is 101 Å². The summed E-state index contributed by atoms with van der Waals surface area (Å²) in [7, 11) is 2.14. The van der Waals surface area contributed by atoms with E-state index in [4.69, 9.17) is 16.3 Å². The predicted octanol–water partition coefficient (Wildman–Crippen LogP) is 6.15. The molecule has 34 heavy (non-hydrogen) atoms. The van der Waals surface area contributed by atoms with E-state index in [9.17, 15) is 0 Å². The van der Waals surface area contributed by atoms with Crippen LogP contribution in [0.25, 0.3) is 10.9 Å². The van der Waals surface area contributed by atoms with Crippen LogP contribution in [0.5, 0.6) is 5.75 Å². The molecule has 0 aliphatic carbocycles. The number of halogens is 2. The second kappa shape index (κ2) is 11.3. The first-order valence-corrected chi connectivity index (χ1v) is 12.0. The number of para-hydroxylation sites is 1. The fraction of sp³-hybridized carbons (Fsp3) is 0.286. The first-order valence-electron chi connectivity index (χ1n) is 11.6. The molecule has 0 radical (unpaired) electrons. The highest BCUT2D eigenvalue weighted by molar-refractivity contribution is 6.30. The molecule has 2 heterocycles. The van der Waals surface area contributed by atoms with Crippen molar-refractivity contribution in [1.29, 1.82) is 0 Å². The van der Waals surface area contributed by atoms with Gasteiger partial charge in [-0.15, -0.1) is 12.4 Å². The van der Waals surface area contributed by atoms with Crippen molar-refractivity contribution in [2.24, 2.45) is 7.05 Å². The zero-order chi connectivity index (χ0) is 22.6. The fourth-order valence-corrected chi connectivity index (χ4v) is 4.86. The van der Waals surface area contributed by atoms with Crippen LogP contribution in [0.3, 0.4) is 0 Å². The Morgan fingerprint density at radius 1 is 0.765 bits per heavy atom. The first-order chi connectivity index (χ1) is 16.2. The van der Waals surface area contributed by atoms with Crippen LogP contribution in [0.15, 0.2) is 78.9 Å². The predicted molar refractivity (Wildman–Crippen MR) is 143 cm³/mol. The summed E-state index contributed by atoms with van der Waals surface area (Å²) in [6.45, 7) is 6.85. The Kier molecular flexibility index (Phi) is 8.17. The maximum atomic E-state index is 6.16. The molecule has 1 aliphatic heterocycles. The van der Waals surface area contributed by atoms with E-state index in [1.165, 1.54) is 27.7 Å². The van der Waals surface area contributed by atoms with Crippen molar-refractivity contribution in [3.8, 4) is 5.75 Å². The number of nitrogens with zero attached hydrogens (tertiary/aromatic N) is 3. The van der Waals surface area contributed by atoms with Gasteiger partial charge in [0.1, 0.15) is 12.4 Å². The third-order valence-electron chi connectivity index (χ3n) is 6.63. The van der Waals surface area contributed by atoms with Gasteiger partial charge in [0, 0.05) is 62.2 Å². The average molecular weight is 496 g/mol. The van der Waals surface area contributed by atoms with E-state index in [0.29, 0.717) is 6.61 Å². The SMILES string of the molecule is Cl.Cn1c(COc2ccc(Cl)cc2)c(CN2CCN(Cc3ccccc3)CC2)c2ccccc21. The Labute approximate surface area is 213 Å². The zero-order valence-electron chi connectivity index (χ0n) is 19.5. The van der Waals surface area contributed by atoms with Gasteiger partial charge in [-0.25, -0.2) is 0 Å². The Bertz CT molecular complexity index is 1200. The molecular formula is C28H31Cl2N3O. The molecule has 0 amide bonds. The minimum absolute atomic E-state index is 0. The number of hydrogen-bond acceptors (Lipinski definition) is 3. The van der Waals surface area contributed by atoms with E-state index in [0.717, 1.165) is 50.0 Å². The zero-order valence-corrected chi connectivity index (χ0v) is 21.1. The van der Waals surface area contributed by atoms with Gasteiger partial charge in [0.05, 0.1) is 5.69 Å². The van der Waals surface area contributed by atoms with E-state index in [2.05, 4.69) is 76.0 Å². The molecule has 4 aromatic rings. The van der Waals surface area contributed by atoms with Gasteiger partial charge in [0.2, 0.25) is 0 Å². The molecule has 1 saturated heterocycles. The number of ether oxygens (including phenoxy) is 1. The number of aryl methyl sites for hydroxylation is 1. The van der Waals surface area contributed by atoms with Crippen molar-refractivity contribution >= 4 is 34.9 Å².